The van der Waals surface area contributed by atoms with Crippen molar-refractivity contribution < 1.29 is 14.3 Å². The SMILES string of the molecule is CCOC(=O)c1sc(NC(=O)/C=C/c2cccc(Cl)c2)nc1C. The second-order valence-corrected chi connectivity index (χ2v) is 5.97. The number of aromatic nitrogens is 1. The van der Waals surface area contributed by atoms with Crippen molar-refractivity contribution in [3.05, 3.63) is 51.5 Å². The van der Waals surface area contributed by atoms with Gasteiger partial charge in [0, 0.05) is 11.1 Å². The first-order valence-electron chi connectivity index (χ1n) is 6.88. The average Bonchev–Trinajstić information content (AvgIpc) is 2.86. The highest BCUT2D eigenvalue weighted by Crippen LogP contribution is 2.23. The topological polar surface area (TPSA) is 68.3 Å². The number of halogens is 1. The molecule has 2 rings (SSSR count). The molecule has 2 aromatic rings. The van der Waals surface area contributed by atoms with Gasteiger partial charge in [-0.3, -0.25) is 10.1 Å². The average molecular weight is 351 g/mol. The van der Waals surface area contributed by atoms with E-state index in [1.807, 2.05) is 6.07 Å². The summed E-state index contributed by atoms with van der Waals surface area (Å²) in [6.45, 7) is 3.72. The van der Waals surface area contributed by atoms with Gasteiger partial charge in [-0.15, -0.1) is 0 Å². The molecule has 5 nitrogen and oxygen atoms in total. The van der Waals surface area contributed by atoms with E-state index in [0.717, 1.165) is 16.9 Å². The first-order valence-corrected chi connectivity index (χ1v) is 8.08. The van der Waals surface area contributed by atoms with Crippen LogP contribution in [0.4, 0.5) is 5.13 Å². The Hall–Kier alpha value is -2.18. The third-order valence-corrected chi connectivity index (χ3v) is 4.05. The summed E-state index contributed by atoms with van der Waals surface area (Å²) in [4.78, 5) is 28.2. The van der Waals surface area contributed by atoms with Gasteiger partial charge in [0.2, 0.25) is 5.91 Å². The van der Waals surface area contributed by atoms with Crippen LogP contribution in [0.15, 0.2) is 30.3 Å². The number of nitrogens with zero attached hydrogens (tertiary/aromatic N) is 1. The number of rotatable bonds is 5. The fraction of sp³-hybridized carbons (Fsp3) is 0.188. The van der Waals surface area contributed by atoms with Crippen LogP contribution >= 0.6 is 22.9 Å². The number of hydrogen-bond acceptors (Lipinski definition) is 5. The smallest absolute Gasteiger partial charge is 0.350 e. The molecule has 0 spiro atoms. The maximum atomic E-state index is 11.9. The summed E-state index contributed by atoms with van der Waals surface area (Å²) >= 11 is 6.97. The number of nitrogens with one attached hydrogen (secondary N) is 1. The van der Waals surface area contributed by atoms with Gasteiger partial charge in [0.1, 0.15) is 4.88 Å². The Morgan fingerprint density at radius 3 is 2.91 bits per heavy atom. The van der Waals surface area contributed by atoms with E-state index in [-0.39, 0.29) is 5.91 Å². The number of thiazole rings is 1. The quantitative estimate of drug-likeness (QED) is 0.655. The Morgan fingerprint density at radius 2 is 2.22 bits per heavy atom. The third kappa shape index (κ3) is 4.91. The molecule has 0 aliphatic rings. The maximum absolute atomic E-state index is 11.9. The molecule has 0 radical (unpaired) electrons. The number of carbonyl (C=O) groups excluding carboxylic acids is 2. The number of aryl methyl sites for hydroxylation is 1. The molecule has 1 aromatic heterocycles. The molecule has 0 unspecified atom stereocenters. The summed E-state index contributed by atoms with van der Waals surface area (Å²) in [5.74, 6) is -0.772. The lowest BCUT2D eigenvalue weighted by atomic mass is 10.2. The molecule has 0 bridgehead atoms. The van der Waals surface area contributed by atoms with E-state index in [9.17, 15) is 9.59 Å². The molecule has 1 N–H and O–H groups in total. The normalized spacial score (nSPS) is 10.7. The van der Waals surface area contributed by atoms with Crippen LogP contribution in [0.3, 0.4) is 0 Å². The van der Waals surface area contributed by atoms with Crippen LogP contribution < -0.4 is 5.32 Å². The van der Waals surface area contributed by atoms with Crippen LogP contribution in [-0.4, -0.2) is 23.5 Å². The molecule has 7 heteroatoms. The van der Waals surface area contributed by atoms with Crippen molar-refractivity contribution in [2.24, 2.45) is 0 Å². The number of amides is 1. The molecule has 0 fully saturated rings. The molecular formula is C16H15ClN2O3S. The van der Waals surface area contributed by atoms with Gasteiger partial charge in [0.05, 0.1) is 12.3 Å². The van der Waals surface area contributed by atoms with Crippen molar-refractivity contribution in [1.82, 2.24) is 4.98 Å². The first-order chi connectivity index (χ1) is 11.0. The van der Waals surface area contributed by atoms with Crippen molar-refractivity contribution in [3.8, 4) is 0 Å². The maximum Gasteiger partial charge on any atom is 0.350 e. The summed E-state index contributed by atoms with van der Waals surface area (Å²) in [5, 5.41) is 3.58. The molecule has 120 valence electrons. The van der Waals surface area contributed by atoms with E-state index in [4.69, 9.17) is 16.3 Å². The minimum absolute atomic E-state index is 0.292. The summed E-state index contributed by atoms with van der Waals surface area (Å²) in [5.41, 5.74) is 1.35. The predicted molar refractivity (Wildman–Crippen MR) is 91.9 cm³/mol. The van der Waals surface area contributed by atoms with Gasteiger partial charge in [0.25, 0.3) is 0 Å². The van der Waals surface area contributed by atoms with E-state index >= 15 is 0 Å². The Morgan fingerprint density at radius 1 is 1.43 bits per heavy atom. The van der Waals surface area contributed by atoms with Crippen molar-refractivity contribution in [2.75, 3.05) is 11.9 Å². The van der Waals surface area contributed by atoms with E-state index in [1.165, 1.54) is 6.08 Å². The van der Waals surface area contributed by atoms with Gasteiger partial charge < -0.3 is 4.74 Å². The first kappa shape index (κ1) is 17.2. The second-order valence-electron chi connectivity index (χ2n) is 4.53. The van der Waals surface area contributed by atoms with E-state index in [2.05, 4.69) is 10.3 Å². The minimum atomic E-state index is -0.433. The van der Waals surface area contributed by atoms with E-state index < -0.39 is 5.97 Å². The number of ether oxygens (including phenoxy) is 1. The van der Waals surface area contributed by atoms with E-state index in [1.54, 1.807) is 38.1 Å². The zero-order valence-corrected chi connectivity index (χ0v) is 14.2. The summed E-state index contributed by atoms with van der Waals surface area (Å²) in [6.07, 6.45) is 3.03. The Kier molecular flexibility index (Phi) is 5.90. The van der Waals surface area contributed by atoms with Gasteiger partial charge in [-0.25, -0.2) is 9.78 Å². The minimum Gasteiger partial charge on any atom is -0.462 e. The van der Waals surface area contributed by atoms with Crippen molar-refractivity contribution in [1.29, 1.82) is 0 Å². The van der Waals surface area contributed by atoms with Gasteiger partial charge in [-0.05, 0) is 37.6 Å². The summed E-state index contributed by atoms with van der Waals surface area (Å²) < 4.78 is 4.94. The van der Waals surface area contributed by atoms with Crippen LogP contribution in [0.5, 0.6) is 0 Å². The summed E-state index contributed by atoms with van der Waals surface area (Å²) in [7, 11) is 0. The molecule has 0 saturated carbocycles. The van der Waals surface area contributed by atoms with Gasteiger partial charge in [0.15, 0.2) is 5.13 Å². The zero-order chi connectivity index (χ0) is 16.8. The van der Waals surface area contributed by atoms with Crippen LogP contribution in [0.1, 0.15) is 27.9 Å². The van der Waals surface area contributed by atoms with Gasteiger partial charge in [-0.2, -0.15) is 0 Å². The molecule has 1 aromatic carbocycles. The lowest BCUT2D eigenvalue weighted by Crippen LogP contribution is -2.07. The van der Waals surface area contributed by atoms with Crippen molar-refractivity contribution in [3.63, 3.8) is 0 Å². The largest absolute Gasteiger partial charge is 0.462 e. The monoisotopic (exact) mass is 350 g/mol. The predicted octanol–water partition coefficient (Wildman–Crippen LogP) is 3.93. The van der Waals surface area contributed by atoms with Crippen LogP contribution in [-0.2, 0) is 9.53 Å². The molecule has 23 heavy (non-hydrogen) atoms. The number of carbonyl (C=O) groups is 2. The molecule has 0 atom stereocenters. The Labute approximate surface area is 143 Å². The molecule has 0 aliphatic carbocycles. The van der Waals surface area contributed by atoms with Crippen molar-refractivity contribution in [2.45, 2.75) is 13.8 Å². The van der Waals surface area contributed by atoms with Gasteiger partial charge >= 0.3 is 5.97 Å². The number of hydrogen-bond donors (Lipinski definition) is 1. The number of esters is 1. The highest BCUT2D eigenvalue weighted by molar-refractivity contribution is 7.17. The fourth-order valence-corrected chi connectivity index (χ4v) is 2.83. The lowest BCUT2D eigenvalue weighted by molar-refractivity contribution is -0.111. The number of anilines is 1. The molecule has 1 amide bonds. The molecule has 1 heterocycles. The van der Waals surface area contributed by atoms with Gasteiger partial charge in [-0.1, -0.05) is 35.1 Å². The summed E-state index contributed by atoms with van der Waals surface area (Å²) in [6, 6.07) is 7.14. The highest BCUT2D eigenvalue weighted by Gasteiger charge is 2.16. The molecule has 0 aliphatic heterocycles. The van der Waals surface area contributed by atoms with Crippen LogP contribution in [0.2, 0.25) is 5.02 Å². The Balaban J connectivity index is 2.03. The fourth-order valence-electron chi connectivity index (χ4n) is 1.77. The Bertz CT molecular complexity index is 756. The van der Waals surface area contributed by atoms with Crippen LogP contribution in [0, 0.1) is 6.92 Å². The highest BCUT2D eigenvalue weighted by atomic mass is 35.5. The second kappa shape index (κ2) is 7.89. The molecular weight excluding hydrogens is 336 g/mol. The lowest BCUT2D eigenvalue weighted by Gasteiger charge is -1.98. The molecule has 0 saturated heterocycles. The zero-order valence-electron chi connectivity index (χ0n) is 12.6. The standard InChI is InChI=1S/C16H15ClN2O3S/c1-3-22-15(21)14-10(2)18-16(23-14)19-13(20)8-7-11-5-4-6-12(17)9-11/h4-9H,3H2,1-2H3,(H,18,19,20)/b8-7+. The van der Waals surface area contributed by atoms with Crippen molar-refractivity contribution >= 4 is 46.0 Å². The van der Waals surface area contributed by atoms with E-state index in [0.29, 0.717) is 27.3 Å². The number of benzene rings is 1. The third-order valence-electron chi connectivity index (χ3n) is 2.76. The van der Waals surface area contributed by atoms with Crippen LogP contribution in [0.25, 0.3) is 6.08 Å².